The first-order chi connectivity index (χ1) is 7.67. The molecule has 0 saturated carbocycles. The summed E-state index contributed by atoms with van der Waals surface area (Å²) in [7, 11) is 1.71. The molecule has 16 heavy (non-hydrogen) atoms. The number of nitrogens with two attached hydrogens (primary N) is 1. The largest absolute Gasteiger partial charge is 0.404 e. The molecule has 3 nitrogen and oxygen atoms in total. The summed E-state index contributed by atoms with van der Waals surface area (Å²) < 4.78 is 13.0. The molecule has 0 spiro atoms. The number of rotatable bonds is 5. The second-order valence-corrected chi connectivity index (χ2v) is 4.03. The summed E-state index contributed by atoms with van der Waals surface area (Å²) >= 11 is 0. The molecule has 1 atom stereocenters. The van der Waals surface area contributed by atoms with Crippen LogP contribution in [0.15, 0.2) is 29.0 Å². The van der Waals surface area contributed by atoms with E-state index in [4.69, 9.17) is 5.73 Å². The third kappa shape index (κ3) is 3.68. The maximum atomic E-state index is 13.0. The van der Waals surface area contributed by atoms with Crippen molar-refractivity contribution in [1.82, 2.24) is 4.90 Å². The van der Waals surface area contributed by atoms with E-state index in [1.165, 1.54) is 0 Å². The van der Waals surface area contributed by atoms with Gasteiger partial charge < -0.3 is 10.6 Å². The van der Waals surface area contributed by atoms with Gasteiger partial charge in [0.1, 0.15) is 6.17 Å². The van der Waals surface area contributed by atoms with E-state index in [1.807, 2.05) is 4.90 Å². The molecule has 1 aliphatic heterocycles. The van der Waals surface area contributed by atoms with E-state index >= 15 is 0 Å². The Morgan fingerprint density at radius 1 is 1.62 bits per heavy atom. The standard InChI is InChI=1S/C12H20FN3/c1-10(16-6-5-12(13)9-16)3-4-11(7-14)8-15-2/h7-8,12H,1,3-6,9,14H2,2H3/b11-7-,15-8?. The van der Waals surface area contributed by atoms with Gasteiger partial charge in [-0.15, -0.1) is 0 Å². The second-order valence-electron chi connectivity index (χ2n) is 4.03. The number of halogens is 1. The minimum Gasteiger partial charge on any atom is -0.404 e. The molecule has 0 radical (unpaired) electrons. The molecular weight excluding hydrogens is 205 g/mol. The van der Waals surface area contributed by atoms with Crippen LogP contribution in [0.3, 0.4) is 0 Å². The lowest BCUT2D eigenvalue weighted by atomic mass is 10.1. The lowest BCUT2D eigenvalue weighted by molar-refractivity contribution is 0.320. The van der Waals surface area contributed by atoms with Gasteiger partial charge in [-0.2, -0.15) is 0 Å². The van der Waals surface area contributed by atoms with Gasteiger partial charge in [-0.3, -0.25) is 4.99 Å². The lowest BCUT2D eigenvalue weighted by Gasteiger charge is -2.20. The van der Waals surface area contributed by atoms with Crippen molar-refractivity contribution in [2.45, 2.75) is 25.4 Å². The van der Waals surface area contributed by atoms with Crippen LogP contribution >= 0.6 is 0 Å². The summed E-state index contributed by atoms with van der Waals surface area (Å²) in [6.07, 6.45) is 4.84. The average Bonchev–Trinajstić information content (AvgIpc) is 2.70. The number of hydrogen-bond acceptors (Lipinski definition) is 3. The van der Waals surface area contributed by atoms with E-state index in [9.17, 15) is 4.39 Å². The van der Waals surface area contributed by atoms with Crippen molar-refractivity contribution >= 4 is 6.21 Å². The van der Waals surface area contributed by atoms with Crippen LogP contribution in [0.5, 0.6) is 0 Å². The highest BCUT2D eigenvalue weighted by atomic mass is 19.1. The quantitative estimate of drug-likeness (QED) is 0.726. The highest BCUT2D eigenvalue weighted by molar-refractivity contribution is 5.78. The van der Waals surface area contributed by atoms with E-state index in [0.29, 0.717) is 13.0 Å². The van der Waals surface area contributed by atoms with Gasteiger partial charge in [0, 0.05) is 32.0 Å². The molecule has 1 rings (SSSR count). The van der Waals surface area contributed by atoms with Crippen LogP contribution in [-0.2, 0) is 0 Å². The smallest absolute Gasteiger partial charge is 0.119 e. The van der Waals surface area contributed by atoms with Crippen LogP contribution in [-0.4, -0.2) is 37.4 Å². The van der Waals surface area contributed by atoms with Crippen molar-refractivity contribution in [3.05, 3.63) is 24.0 Å². The predicted octanol–water partition coefficient (Wildman–Crippen LogP) is 1.87. The second kappa shape index (κ2) is 6.30. The van der Waals surface area contributed by atoms with Gasteiger partial charge in [0.25, 0.3) is 0 Å². The molecule has 0 aromatic rings. The molecule has 0 amide bonds. The van der Waals surface area contributed by atoms with E-state index in [1.54, 1.807) is 19.5 Å². The highest BCUT2D eigenvalue weighted by Crippen LogP contribution is 2.20. The number of aliphatic imine (C=N–C) groups is 1. The molecule has 90 valence electrons. The van der Waals surface area contributed by atoms with Gasteiger partial charge in [-0.25, -0.2) is 4.39 Å². The first kappa shape index (κ1) is 12.7. The highest BCUT2D eigenvalue weighted by Gasteiger charge is 2.22. The molecule has 0 aromatic carbocycles. The van der Waals surface area contributed by atoms with Crippen LogP contribution < -0.4 is 5.73 Å². The molecule has 4 heteroatoms. The zero-order valence-electron chi connectivity index (χ0n) is 9.82. The minimum atomic E-state index is -0.696. The maximum Gasteiger partial charge on any atom is 0.119 e. The summed E-state index contributed by atoms with van der Waals surface area (Å²) in [6, 6.07) is 0. The number of hydrogen-bond donors (Lipinski definition) is 1. The van der Waals surface area contributed by atoms with E-state index in [0.717, 1.165) is 30.7 Å². The van der Waals surface area contributed by atoms with Crippen molar-refractivity contribution in [3.63, 3.8) is 0 Å². The number of nitrogens with zero attached hydrogens (tertiary/aromatic N) is 2. The first-order valence-corrected chi connectivity index (χ1v) is 5.57. The molecule has 0 aromatic heterocycles. The third-order valence-corrected chi connectivity index (χ3v) is 2.79. The van der Waals surface area contributed by atoms with E-state index < -0.39 is 6.17 Å². The fourth-order valence-corrected chi connectivity index (χ4v) is 1.81. The maximum absolute atomic E-state index is 13.0. The molecule has 0 aliphatic carbocycles. The number of alkyl halides is 1. The van der Waals surface area contributed by atoms with E-state index in [-0.39, 0.29) is 0 Å². The number of allylic oxidation sites excluding steroid dienone is 2. The molecule has 0 bridgehead atoms. The van der Waals surface area contributed by atoms with Gasteiger partial charge in [0.15, 0.2) is 0 Å². The molecule has 1 unspecified atom stereocenters. The van der Waals surface area contributed by atoms with Crippen LogP contribution in [0.4, 0.5) is 4.39 Å². The van der Waals surface area contributed by atoms with Crippen LogP contribution in [0, 0.1) is 0 Å². The molecule has 1 fully saturated rings. The lowest BCUT2D eigenvalue weighted by Crippen LogP contribution is -2.19. The Bertz CT molecular complexity index is 297. The molecular formula is C12H20FN3. The SMILES string of the molecule is C=C(CC/C(C=NC)=C/N)N1CCC(F)C1. The van der Waals surface area contributed by atoms with Crippen molar-refractivity contribution in [2.24, 2.45) is 10.7 Å². The monoisotopic (exact) mass is 225 g/mol. The van der Waals surface area contributed by atoms with Gasteiger partial charge in [0.05, 0.1) is 0 Å². The van der Waals surface area contributed by atoms with Crippen LogP contribution in [0.1, 0.15) is 19.3 Å². The fourth-order valence-electron chi connectivity index (χ4n) is 1.81. The normalized spacial score (nSPS) is 22.0. The molecule has 2 N–H and O–H groups in total. The van der Waals surface area contributed by atoms with E-state index in [2.05, 4.69) is 11.6 Å². The van der Waals surface area contributed by atoms with Crippen molar-refractivity contribution in [2.75, 3.05) is 20.1 Å². The van der Waals surface area contributed by atoms with Crippen molar-refractivity contribution in [1.29, 1.82) is 0 Å². The fraction of sp³-hybridized carbons (Fsp3) is 0.583. The summed E-state index contributed by atoms with van der Waals surface area (Å²) in [5.74, 6) is 0. The minimum absolute atomic E-state index is 0.488. The van der Waals surface area contributed by atoms with Gasteiger partial charge in [-0.05, 0) is 31.0 Å². The summed E-state index contributed by atoms with van der Waals surface area (Å²) in [5, 5.41) is 0. The zero-order valence-corrected chi connectivity index (χ0v) is 9.82. The Labute approximate surface area is 96.5 Å². The Kier molecular flexibility index (Phi) is 5.02. The van der Waals surface area contributed by atoms with Crippen LogP contribution in [0.25, 0.3) is 0 Å². The zero-order chi connectivity index (χ0) is 12.0. The van der Waals surface area contributed by atoms with Crippen molar-refractivity contribution < 1.29 is 4.39 Å². The predicted molar refractivity (Wildman–Crippen MR) is 66.1 cm³/mol. The third-order valence-electron chi connectivity index (χ3n) is 2.79. The molecule has 1 heterocycles. The van der Waals surface area contributed by atoms with Crippen molar-refractivity contribution in [3.8, 4) is 0 Å². The summed E-state index contributed by atoms with van der Waals surface area (Å²) in [5.41, 5.74) is 7.44. The first-order valence-electron chi connectivity index (χ1n) is 5.57. The van der Waals surface area contributed by atoms with Crippen LogP contribution in [0.2, 0.25) is 0 Å². The van der Waals surface area contributed by atoms with Gasteiger partial charge >= 0.3 is 0 Å². The van der Waals surface area contributed by atoms with Gasteiger partial charge in [0.2, 0.25) is 0 Å². The summed E-state index contributed by atoms with van der Waals surface area (Å²) in [6.45, 7) is 5.25. The Balaban J connectivity index is 2.35. The van der Waals surface area contributed by atoms with Gasteiger partial charge in [-0.1, -0.05) is 6.58 Å². The topological polar surface area (TPSA) is 41.6 Å². The Morgan fingerprint density at radius 2 is 2.38 bits per heavy atom. The summed E-state index contributed by atoms with van der Waals surface area (Å²) in [4.78, 5) is 5.93. The molecule has 1 aliphatic rings. The Hall–Kier alpha value is -1.32. The number of likely N-dealkylation sites (tertiary alicyclic amines) is 1. The average molecular weight is 225 g/mol. The Morgan fingerprint density at radius 3 is 2.88 bits per heavy atom. The molecule has 1 saturated heterocycles.